The highest BCUT2D eigenvalue weighted by Gasteiger charge is 2.35. The molecule has 4 aromatic rings. The third-order valence-electron chi connectivity index (χ3n) is 16.3. The van der Waals surface area contributed by atoms with E-state index in [2.05, 4.69) is 47.5 Å². The van der Waals surface area contributed by atoms with Gasteiger partial charge in [0.25, 0.3) is 5.91 Å². The highest BCUT2D eigenvalue weighted by atomic mass is 127. The van der Waals surface area contributed by atoms with E-state index >= 15 is 0 Å². The van der Waals surface area contributed by atoms with E-state index in [9.17, 15) is 73.2 Å². The SMILES string of the molecule is CN1[C@H](CCCNC(=O)c2ccc(NC(=O)CNC(=O)[C@H](CN)NC(=O)CN3CCN(CC(=O)O)CCN(CC(=O)O)CCN(CC(=O)O)CC3)cc2)C(=O)N[C@@H](CCCN=C(N)N)C(=O)N[C@@H](CCc2ccc3ccccc3c2)C(=O)NCC(=O)N[C@@H]1Cc1ccc(O)c(I)c1. The van der Waals surface area contributed by atoms with Crippen molar-refractivity contribution in [1.29, 1.82) is 0 Å². The number of hydrogen-bond donors (Lipinski definition) is 15. The zero-order valence-electron chi connectivity index (χ0n) is 54.0. The van der Waals surface area contributed by atoms with Crippen LogP contribution in [-0.2, 0) is 60.8 Å². The number of halogens is 1. The second-order valence-corrected chi connectivity index (χ2v) is 24.8. The molecule has 0 bridgehead atoms. The number of aromatic hydroxyl groups is 1. The van der Waals surface area contributed by atoms with Gasteiger partial charge in [0.2, 0.25) is 41.4 Å². The molecule has 0 aromatic heterocycles. The first-order valence-electron chi connectivity index (χ1n) is 31.7. The maximum Gasteiger partial charge on any atom is 0.317 e. The lowest BCUT2D eigenvalue weighted by molar-refractivity contribution is -0.140. The highest BCUT2D eigenvalue weighted by Crippen LogP contribution is 2.23. The first-order chi connectivity index (χ1) is 46.3. The molecule has 526 valence electrons. The molecule has 2 fully saturated rings. The highest BCUT2D eigenvalue weighted by molar-refractivity contribution is 14.1. The minimum Gasteiger partial charge on any atom is -0.507 e. The molecular formula is C64H88IN17O15. The van der Waals surface area contributed by atoms with Crippen molar-refractivity contribution in [1.82, 2.24) is 61.7 Å². The summed E-state index contributed by atoms with van der Waals surface area (Å²) < 4.78 is 0.538. The summed E-state index contributed by atoms with van der Waals surface area (Å²) >= 11 is 1.98. The van der Waals surface area contributed by atoms with Crippen molar-refractivity contribution in [2.24, 2.45) is 22.2 Å². The first kappa shape index (κ1) is 76.9. The quantitative estimate of drug-likeness (QED) is 0.0120. The van der Waals surface area contributed by atoms with Gasteiger partial charge in [0, 0.05) is 89.7 Å². The van der Waals surface area contributed by atoms with Crippen LogP contribution in [0.15, 0.2) is 89.9 Å². The van der Waals surface area contributed by atoms with E-state index in [1.54, 1.807) is 43.7 Å². The topological polar surface area (TPSA) is 472 Å². The largest absolute Gasteiger partial charge is 0.507 e. The number of fused-ring (bicyclic) bond motifs is 1. The average Bonchev–Trinajstić information content (AvgIpc) is 0.854. The Hall–Kier alpha value is -9.13. The fourth-order valence-corrected chi connectivity index (χ4v) is 11.6. The standard InChI is InChI=1S/C64H88IN17O15/c1-78-50(63(97)76-47(8-4-21-70-64(67)68)62(96)75-48(18-11-40-10-13-42-6-2-3-7-44(42)30-40)60(94)71-35-54(85)77-52(78)32-41-12-19-51(83)46(65)31-41)9-5-20-69-59(93)43-14-16-45(17-15-43)73-53(84)34-72-61(95)49(33-66)74-55(86)36-79-22-24-80(37-56(87)88)26-28-82(39-58(91)92)29-27-81(25-23-79)38-57(89)90/h2-3,6-7,10,12-17,19,30-31,47-50,52,83H,4-5,8-9,11,18,20-29,32-39,66H2,1H3,(H,69,93)(H,71,94)(H,72,95)(H,73,84)(H,74,86)(H,75,96)(H,76,97)(H,77,85)(H,87,88)(H,89,90)(H,91,92)(H4,67,68,70)/t47-,48-,49-,50+,52-/m0/s1. The van der Waals surface area contributed by atoms with Gasteiger partial charge in [-0.25, -0.2) is 0 Å². The first-order valence-corrected chi connectivity index (χ1v) is 32.8. The molecule has 33 heteroatoms. The van der Waals surface area contributed by atoms with Gasteiger partial charge in [0.05, 0.1) is 55.0 Å². The zero-order valence-corrected chi connectivity index (χ0v) is 56.2. The molecule has 2 heterocycles. The van der Waals surface area contributed by atoms with E-state index in [1.807, 2.05) is 65.1 Å². The summed E-state index contributed by atoms with van der Waals surface area (Å²) in [5.74, 6) is -8.47. The monoisotopic (exact) mass is 1460 g/mol. The Labute approximate surface area is 574 Å². The summed E-state index contributed by atoms with van der Waals surface area (Å²) in [5.41, 5.74) is 19.1. The fourth-order valence-electron chi connectivity index (χ4n) is 11.0. The number of nitrogens with zero attached hydrogens (tertiary/aromatic N) is 6. The van der Waals surface area contributed by atoms with Gasteiger partial charge >= 0.3 is 17.9 Å². The summed E-state index contributed by atoms with van der Waals surface area (Å²) in [5, 5.41) is 62.8. The Morgan fingerprint density at radius 1 is 0.649 bits per heavy atom. The van der Waals surface area contributed by atoms with E-state index in [-0.39, 0.29) is 160 Å². The number of phenolic OH excluding ortho intramolecular Hbond substituents is 1. The van der Waals surface area contributed by atoms with E-state index in [1.165, 1.54) is 30.3 Å². The second-order valence-electron chi connectivity index (χ2n) is 23.6. The molecular weight excluding hydrogens is 1370 g/mol. The molecule has 2 aliphatic rings. The van der Waals surface area contributed by atoms with Gasteiger partial charge in [0.15, 0.2) is 5.96 Å². The fraction of sp³-hybridized carbons (Fsp3) is 0.469. The Bertz CT molecular complexity index is 3400. The normalized spacial score (nSPS) is 19.0. The summed E-state index contributed by atoms with van der Waals surface area (Å²) in [7, 11) is 1.63. The summed E-state index contributed by atoms with van der Waals surface area (Å²) in [6.07, 6.45) is 0.370. The number of aliphatic imine (C=N–C) groups is 1. The molecule has 0 spiro atoms. The van der Waals surface area contributed by atoms with Crippen molar-refractivity contribution in [3.05, 3.63) is 105 Å². The number of nitrogens with two attached hydrogens (primary N) is 3. The smallest absolute Gasteiger partial charge is 0.317 e. The van der Waals surface area contributed by atoms with Crippen LogP contribution in [0, 0.1) is 3.57 Å². The molecule has 0 radical (unpaired) electrons. The molecule has 0 unspecified atom stereocenters. The molecule has 97 heavy (non-hydrogen) atoms. The molecule has 2 aliphatic heterocycles. The number of hydrogen-bond acceptors (Lipinski definition) is 19. The van der Waals surface area contributed by atoms with Crippen LogP contribution < -0.4 is 59.7 Å². The summed E-state index contributed by atoms with van der Waals surface area (Å²) in [6.45, 7) is -1.18. The Morgan fingerprint density at radius 2 is 1.23 bits per heavy atom. The number of carboxylic acid groups (broad SMARTS) is 3. The molecule has 0 aliphatic carbocycles. The van der Waals surface area contributed by atoms with Crippen LogP contribution >= 0.6 is 22.6 Å². The number of rotatable bonds is 28. The number of amides is 8. The van der Waals surface area contributed by atoms with Gasteiger partial charge in [-0.15, -0.1) is 0 Å². The molecule has 0 saturated carbocycles. The van der Waals surface area contributed by atoms with Gasteiger partial charge in [-0.3, -0.25) is 82.2 Å². The summed E-state index contributed by atoms with van der Waals surface area (Å²) in [6, 6.07) is 19.8. The number of anilines is 1. The number of phenols is 1. The molecule has 5 atom stereocenters. The number of carbonyl (C=O) groups excluding carboxylic acids is 8. The molecule has 6 rings (SSSR count). The van der Waals surface area contributed by atoms with Gasteiger partial charge in [-0.1, -0.05) is 48.5 Å². The van der Waals surface area contributed by atoms with Crippen LogP contribution in [0.3, 0.4) is 0 Å². The number of carbonyl (C=O) groups is 11. The number of guanidine groups is 1. The Kier molecular flexibility index (Phi) is 31.1. The zero-order chi connectivity index (χ0) is 70.6. The van der Waals surface area contributed by atoms with Crippen LogP contribution in [0.4, 0.5) is 5.69 Å². The minimum absolute atomic E-state index is 0.0432. The van der Waals surface area contributed by atoms with Crippen LogP contribution in [0.2, 0.25) is 0 Å². The molecule has 18 N–H and O–H groups in total. The number of carboxylic acids is 3. The number of benzene rings is 4. The number of nitrogens with one attached hydrogen (secondary N) is 8. The van der Waals surface area contributed by atoms with Gasteiger partial charge in [0.1, 0.15) is 23.9 Å². The van der Waals surface area contributed by atoms with Crippen molar-refractivity contribution in [3.63, 3.8) is 0 Å². The van der Waals surface area contributed by atoms with Gasteiger partial charge < -0.3 is 80.2 Å². The van der Waals surface area contributed by atoms with E-state index in [0.29, 0.717) is 15.6 Å². The van der Waals surface area contributed by atoms with E-state index in [4.69, 9.17) is 17.2 Å². The summed E-state index contributed by atoms with van der Waals surface area (Å²) in [4.78, 5) is 157. The lowest BCUT2D eigenvalue weighted by Gasteiger charge is -2.36. The van der Waals surface area contributed by atoms with Crippen molar-refractivity contribution in [3.8, 4) is 5.75 Å². The Morgan fingerprint density at radius 3 is 1.81 bits per heavy atom. The number of aryl methyl sites for hydroxylation is 1. The molecule has 8 amide bonds. The third kappa shape index (κ3) is 26.8. The minimum atomic E-state index is -1.28. The Balaban J connectivity index is 1.06. The molecule has 32 nitrogen and oxygen atoms in total. The van der Waals surface area contributed by atoms with Crippen LogP contribution in [-0.4, -0.2) is 265 Å². The van der Waals surface area contributed by atoms with Gasteiger partial charge in [-0.05, 0) is 126 Å². The van der Waals surface area contributed by atoms with E-state index in [0.717, 1.165) is 16.3 Å². The maximum absolute atomic E-state index is 14.8. The predicted octanol–water partition coefficient (Wildman–Crippen LogP) is -2.60. The van der Waals surface area contributed by atoms with Crippen molar-refractivity contribution >= 4 is 110 Å². The van der Waals surface area contributed by atoms with Crippen LogP contribution in [0.5, 0.6) is 5.75 Å². The van der Waals surface area contributed by atoms with Crippen molar-refractivity contribution in [2.45, 2.75) is 75.3 Å². The van der Waals surface area contributed by atoms with Gasteiger partial charge in [-0.2, -0.15) is 0 Å². The number of likely N-dealkylation sites (N-methyl/N-ethyl adjacent to an activating group) is 1. The van der Waals surface area contributed by atoms with Crippen molar-refractivity contribution < 1.29 is 73.2 Å². The third-order valence-corrected chi connectivity index (χ3v) is 17.1. The van der Waals surface area contributed by atoms with Crippen LogP contribution in [0.1, 0.15) is 53.6 Å². The molecule has 2 saturated heterocycles. The van der Waals surface area contributed by atoms with E-state index < -0.39 is 109 Å². The second kappa shape index (κ2) is 39.2. The average molecular weight is 1460 g/mol. The predicted molar refractivity (Wildman–Crippen MR) is 366 cm³/mol. The lowest BCUT2D eigenvalue weighted by atomic mass is 10.00. The number of aliphatic carboxylic acids is 3. The maximum atomic E-state index is 14.8. The van der Waals surface area contributed by atoms with Crippen LogP contribution in [0.25, 0.3) is 10.8 Å². The lowest BCUT2D eigenvalue weighted by Crippen LogP contribution is -2.61. The molecule has 4 aromatic carbocycles. The van der Waals surface area contributed by atoms with Crippen molar-refractivity contribution in [2.75, 3.05) is 124 Å².